The van der Waals surface area contributed by atoms with Crippen molar-refractivity contribution in [3.63, 3.8) is 0 Å². The number of fused-ring (bicyclic) bond motifs is 1. The number of nitrogens with one attached hydrogen (secondary N) is 1. The first kappa shape index (κ1) is 21.0. The Morgan fingerprint density at radius 3 is 2.44 bits per heavy atom. The minimum Gasteiger partial charge on any atom is -0.339 e. The van der Waals surface area contributed by atoms with Gasteiger partial charge < -0.3 is 9.80 Å². The summed E-state index contributed by atoms with van der Waals surface area (Å²) >= 11 is 12.0. The fourth-order valence-corrected chi connectivity index (χ4v) is 5.07. The van der Waals surface area contributed by atoms with Gasteiger partial charge in [-0.2, -0.15) is 0 Å². The molecular weight excluding hydrogens is 449 g/mol. The van der Waals surface area contributed by atoms with Crippen LogP contribution in [0.5, 0.6) is 0 Å². The Kier molecular flexibility index (Phi) is 5.39. The van der Waals surface area contributed by atoms with Gasteiger partial charge in [0, 0.05) is 53.3 Å². The highest BCUT2D eigenvalue weighted by Crippen LogP contribution is 2.41. The summed E-state index contributed by atoms with van der Waals surface area (Å²) < 4.78 is 0. The minimum atomic E-state index is -0.0240. The highest BCUT2D eigenvalue weighted by molar-refractivity contribution is 6.34. The monoisotopic (exact) mass is 469 g/mol. The topological polar surface area (TPSA) is 82.2 Å². The lowest BCUT2D eigenvalue weighted by atomic mass is 9.71. The lowest BCUT2D eigenvalue weighted by Crippen LogP contribution is -2.62. The number of hydrogen-bond donors (Lipinski definition) is 1. The largest absolute Gasteiger partial charge is 0.339 e. The van der Waals surface area contributed by atoms with Gasteiger partial charge in [0.25, 0.3) is 5.91 Å². The number of piperidine rings is 1. The number of carbonyl (C=O) groups is 2. The first-order valence-corrected chi connectivity index (χ1v) is 11.2. The van der Waals surface area contributed by atoms with E-state index >= 15 is 0 Å². The van der Waals surface area contributed by atoms with E-state index in [1.165, 1.54) is 0 Å². The molecule has 1 N–H and O–H groups in total. The number of aromatic amines is 1. The molecule has 1 spiro atoms. The van der Waals surface area contributed by atoms with E-state index in [1.54, 1.807) is 42.5 Å². The number of H-pyrrole nitrogens is 1. The standard InChI is InChI=1S/C23H21Cl2N5O2/c24-17-9-15(10-18(25)12-17)1-4-21(31)29-7-5-23(6-8-29)13-30(14-23)22(32)16-2-3-19-20(11-16)27-28-26-19/h1-4,9-12H,5-8,13-14H2,(H,26,27,28)/b4-1+. The summed E-state index contributed by atoms with van der Waals surface area (Å²) in [5, 5.41) is 11.6. The highest BCUT2D eigenvalue weighted by atomic mass is 35.5. The van der Waals surface area contributed by atoms with Gasteiger partial charge in [0.05, 0.1) is 5.52 Å². The average molecular weight is 470 g/mol. The van der Waals surface area contributed by atoms with Gasteiger partial charge in [-0.15, -0.1) is 5.10 Å². The number of halogens is 2. The molecule has 9 heteroatoms. The Bertz CT molecular complexity index is 1200. The van der Waals surface area contributed by atoms with Crippen LogP contribution in [-0.4, -0.2) is 63.2 Å². The number of nitrogens with zero attached hydrogens (tertiary/aromatic N) is 4. The molecule has 3 heterocycles. The molecule has 2 amide bonds. The zero-order chi connectivity index (χ0) is 22.3. The Morgan fingerprint density at radius 1 is 1.00 bits per heavy atom. The Hall–Kier alpha value is -2.90. The molecule has 2 aromatic carbocycles. The fourth-order valence-electron chi connectivity index (χ4n) is 4.53. The molecule has 32 heavy (non-hydrogen) atoms. The van der Waals surface area contributed by atoms with Gasteiger partial charge in [-0.1, -0.05) is 28.4 Å². The molecule has 0 aliphatic carbocycles. The quantitative estimate of drug-likeness (QED) is 0.586. The van der Waals surface area contributed by atoms with Crippen LogP contribution in [0.1, 0.15) is 28.8 Å². The van der Waals surface area contributed by atoms with Gasteiger partial charge >= 0.3 is 0 Å². The summed E-state index contributed by atoms with van der Waals surface area (Å²) in [6.45, 7) is 2.82. The number of benzene rings is 2. The molecule has 2 fully saturated rings. The van der Waals surface area contributed by atoms with Crippen molar-refractivity contribution in [1.82, 2.24) is 25.2 Å². The summed E-state index contributed by atoms with van der Waals surface area (Å²) in [5.41, 5.74) is 3.02. The summed E-state index contributed by atoms with van der Waals surface area (Å²) in [7, 11) is 0. The van der Waals surface area contributed by atoms with Crippen LogP contribution in [0.2, 0.25) is 10.0 Å². The van der Waals surface area contributed by atoms with Crippen molar-refractivity contribution in [2.45, 2.75) is 12.8 Å². The van der Waals surface area contributed by atoms with E-state index < -0.39 is 0 Å². The molecule has 2 saturated heterocycles. The lowest BCUT2D eigenvalue weighted by Gasteiger charge is -2.53. The van der Waals surface area contributed by atoms with Crippen molar-refractivity contribution in [3.05, 3.63) is 63.6 Å². The Labute approximate surface area is 195 Å². The first-order valence-electron chi connectivity index (χ1n) is 10.4. The van der Waals surface area contributed by atoms with Gasteiger partial charge in [0.1, 0.15) is 5.52 Å². The molecule has 5 rings (SSSR count). The van der Waals surface area contributed by atoms with Gasteiger partial charge in [-0.25, -0.2) is 0 Å². The van der Waals surface area contributed by atoms with Crippen molar-refractivity contribution < 1.29 is 9.59 Å². The smallest absolute Gasteiger partial charge is 0.253 e. The maximum atomic E-state index is 12.8. The zero-order valence-corrected chi connectivity index (χ0v) is 18.7. The van der Waals surface area contributed by atoms with Crippen LogP contribution < -0.4 is 0 Å². The minimum absolute atomic E-state index is 0.0159. The number of carbonyl (C=O) groups excluding carboxylic acids is 2. The first-order chi connectivity index (χ1) is 15.4. The van der Waals surface area contributed by atoms with Crippen LogP contribution >= 0.6 is 23.2 Å². The molecule has 0 saturated carbocycles. The Morgan fingerprint density at radius 2 is 1.72 bits per heavy atom. The van der Waals surface area contributed by atoms with Crippen LogP contribution in [-0.2, 0) is 4.79 Å². The highest BCUT2D eigenvalue weighted by Gasteiger charge is 2.47. The van der Waals surface area contributed by atoms with E-state index in [0.29, 0.717) is 34.2 Å². The summed E-state index contributed by atoms with van der Waals surface area (Å²) in [6, 6.07) is 10.6. The van der Waals surface area contributed by atoms with Crippen molar-refractivity contribution in [1.29, 1.82) is 0 Å². The Balaban J connectivity index is 1.15. The molecule has 7 nitrogen and oxygen atoms in total. The number of hydrogen-bond acceptors (Lipinski definition) is 4. The summed E-state index contributed by atoms with van der Waals surface area (Å²) in [4.78, 5) is 29.2. The second-order valence-electron chi connectivity index (χ2n) is 8.57. The molecule has 0 radical (unpaired) electrons. The second-order valence-corrected chi connectivity index (χ2v) is 9.44. The molecule has 0 unspecified atom stereocenters. The number of rotatable bonds is 3. The third-order valence-electron chi connectivity index (χ3n) is 6.35. The van der Waals surface area contributed by atoms with Gasteiger partial charge in [0.15, 0.2) is 0 Å². The van der Waals surface area contributed by atoms with E-state index in [9.17, 15) is 9.59 Å². The van der Waals surface area contributed by atoms with E-state index in [0.717, 1.165) is 37.0 Å². The average Bonchev–Trinajstić information content (AvgIpc) is 3.23. The van der Waals surface area contributed by atoms with Crippen LogP contribution in [0, 0.1) is 5.41 Å². The molecule has 164 valence electrons. The maximum Gasteiger partial charge on any atom is 0.253 e. The SMILES string of the molecule is O=C(/C=C/c1cc(Cl)cc(Cl)c1)N1CCC2(CC1)CN(C(=O)c1ccc3[nH]nnc3c1)C2. The van der Waals surface area contributed by atoms with Crippen LogP contribution in [0.3, 0.4) is 0 Å². The second kappa shape index (κ2) is 8.22. The van der Waals surface area contributed by atoms with Crippen LogP contribution in [0.4, 0.5) is 0 Å². The normalized spacial score (nSPS) is 17.8. The number of amides is 2. The molecule has 2 aliphatic rings. The van der Waals surface area contributed by atoms with Gasteiger partial charge in [-0.05, 0) is 60.9 Å². The predicted molar refractivity (Wildman–Crippen MR) is 124 cm³/mol. The fraction of sp³-hybridized carbons (Fsp3) is 0.304. The third-order valence-corrected chi connectivity index (χ3v) is 6.79. The molecule has 0 atom stereocenters. The number of likely N-dealkylation sites (tertiary alicyclic amines) is 2. The zero-order valence-electron chi connectivity index (χ0n) is 17.2. The van der Waals surface area contributed by atoms with Crippen molar-refractivity contribution in [2.75, 3.05) is 26.2 Å². The molecular formula is C23H21Cl2N5O2. The van der Waals surface area contributed by atoms with E-state index in [2.05, 4.69) is 15.4 Å². The van der Waals surface area contributed by atoms with Crippen LogP contribution in [0.15, 0.2) is 42.5 Å². The van der Waals surface area contributed by atoms with Gasteiger partial charge in [-0.3, -0.25) is 14.7 Å². The number of aromatic nitrogens is 3. The predicted octanol–water partition coefficient (Wildman–Crippen LogP) is 4.04. The van der Waals surface area contributed by atoms with Crippen LogP contribution in [0.25, 0.3) is 17.1 Å². The van der Waals surface area contributed by atoms with E-state index in [1.807, 2.05) is 15.9 Å². The van der Waals surface area contributed by atoms with E-state index in [4.69, 9.17) is 23.2 Å². The lowest BCUT2D eigenvalue weighted by molar-refractivity contribution is -0.130. The maximum absolute atomic E-state index is 12.8. The molecule has 0 bridgehead atoms. The van der Waals surface area contributed by atoms with Crippen molar-refractivity contribution in [2.24, 2.45) is 5.41 Å². The van der Waals surface area contributed by atoms with Crippen molar-refractivity contribution in [3.8, 4) is 0 Å². The van der Waals surface area contributed by atoms with E-state index in [-0.39, 0.29) is 17.2 Å². The van der Waals surface area contributed by atoms with Crippen molar-refractivity contribution >= 4 is 52.1 Å². The third kappa shape index (κ3) is 4.10. The summed E-state index contributed by atoms with van der Waals surface area (Å²) in [5.74, 6) is -0.00809. The molecule has 3 aromatic rings. The summed E-state index contributed by atoms with van der Waals surface area (Å²) in [6.07, 6.45) is 5.08. The van der Waals surface area contributed by atoms with Gasteiger partial charge in [0.2, 0.25) is 5.91 Å². The molecule has 1 aromatic heterocycles. The molecule has 2 aliphatic heterocycles.